The summed E-state index contributed by atoms with van der Waals surface area (Å²) < 4.78 is 15.3. The highest BCUT2D eigenvalue weighted by atomic mass is 35.5. The monoisotopic (exact) mass is 387 g/mol. The second-order valence-corrected chi connectivity index (χ2v) is 7.09. The second-order valence-electron chi connectivity index (χ2n) is 6.66. The van der Waals surface area contributed by atoms with Crippen LogP contribution in [-0.2, 0) is 0 Å². The van der Waals surface area contributed by atoms with Crippen molar-refractivity contribution in [2.45, 2.75) is 26.2 Å². The number of rotatable bonds is 3. The molecule has 1 saturated heterocycles. The number of nitrogens with zero attached hydrogens (tertiary/aromatic N) is 4. The van der Waals surface area contributed by atoms with Gasteiger partial charge >= 0.3 is 0 Å². The maximum Gasteiger partial charge on any atom is 0.271 e. The Morgan fingerprint density at radius 3 is 2.67 bits per heavy atom. The van der Waals surface area contributed by atoms with Crippen molar-refractivity contribution in [1.82, 2.24) is 19.7 Å². The zero-order valence-electron chi connectivity index (χ0n) is 14.9. The third-order valence-electron chi connectivity index (χ3n) is 4.77. The van der Waals surface area contributed by atoms with E-state index in [1.165, 1.54) is 30.7 Å². The molecule has 27 heavy (non-hydrogen) atoms. The number of hydrogen-bond acceptors (Lipinski definition) is 4. The SMILES string of the molecule is Cc1nc(N2CCCCC2)ncc1-c1cc(=O)n(-c2ccc(Cl)cc2F)[nH]1. The van der Waals surface area contributed by atoms with Crippen LogP contribution in [0.4, 0.5) is 10.3 Å². The number of anilines is 1. The number of H-pyrrole nitrogens is 1. The predicted molar refractivity (Wildman–Crippen MR) is 103 cm³/mol. The summed E-state index contributed by atoms with van der Waals surface area (Å²) >= 11 is 5.79. The number of hydrogen-bond donors (Lipinski definition) is 1. The molecule has 0 bridgehead atoms. The van der Waals surface area contributed by atoms with Crippen LogP contribution in [0, 0.1) is 12.7 Å². The second kappa shape index (κ2) is 7.15. The Bertz CT molecular complexity index is 1040. The van der Waals surface area contributed by atoms with Crippen LogP contribution in [0.2, 0.25) is 5.02 Å². The van der Waals surface area contributed by atoms with Crippen LogP contribution in [-0.4, -0.2) is 32.8 Å². The smallest absolute Gasteiger partial charge is 0.271 e. The first-order valence-electron chi connectivity index (χ1n) is 8.89. The van der Waals surface area contributed by atoms with Gasteiger partial charge in [0.2, 0.25) is 5.95 Å². The molecule has 1 aliphatic heterocycles. The van der Waals surface area contributed by atoms with Crippen molar-refractivity contribution in [2.75, 3.05) is 18.0 Å². The topological polar surface area (TPSA) is 66.8 Å². The molecule has 2 aromatic heterocycles. The van der Waals surface area contributed by atoms with Gasteiger partial charge in [0, 0.05) is 35.9 Å². The molecular formula is C19H19ClFN5O. The molecule has 1 aliphatic rings. The summed E-state index contributed by atoms with van der Waals surface area (Å²) in [6.07, 6.45) is 5.24. The number of piperidine rings is 1. The van der Waals surface area contributed by atoms with Gasteiger partial charge in [0.25, 0.3) is 5.56 Å². The summed E-state index contributed by atoms with van der Waals surface area (Å²) in [5, 5.41) is 3.21. The average Bonchev–Trinajstić information content (AvgIpc) is 3.03. The minimum atomic E-state index is -0.577. The van der Waals surface area contributed by atoms with Gasteiger partial charge in [0.15, 0.2) is 0 Å². The van der Waals surface area contributed by atoms with E-state index < -0.39 is 5.82 Å². The lowest BCUT2D eigenvalue weighted by molar-refractivity contribution is 0.567. The normalized spacial score (nSPS) is 14.6. The molecule has 0 spiro atoms. The fraction of sp³-hybridized carbons (Fsp3) is 0.316. The summed E-state index contributed by atoms with van der Waals surface area (Å²) in [4.78, 5) is 23.6. The highest BCUT2D eigenvalue weighted by molar-refractivity contribution is 6.30. The molecule has 0 amide bonds. The van der Waals surface area contributed by atoms with E-state index in [9.17, 15) is 9.18 Å². The Balaban J connectivity index is 1.69. The fourth-order valence-electron chi connectivity index (χ4n) is 3.34. The largest absolute Gasteiger partial charge is 0.341 e. The molecule has 8 heteroatoms. The Morgan fingerprint density at radius 2 is 1.96 bits per heavy atom. The molecule has 1 N–H and O–H groups in total. The number of benzene rings is 1. The van der Waals surface area contributed by atoms with E-state index in [0.29, 0.717) is 17.2 Å². The lowest BCUT2D eigenvalue weighted by Gasteiger charge is -2.26. The zero-order chi connectivity index (χ0) is 19.0. The first-order chi connectivity index (χ1) is 13.0. The van der Waals surface area contributed by atoms with Crippen LogP contribution in [0.5, 0.6) is 0 Å². The first-order valence-corrected chi connectivity index (χ1v) is 9.27. The highest BCUT2D eigenvalue weighted by Gasteiger charge is 2.17. The molecule has 1 fully saturated rings. The van der Waals surface area contributed by atoms with E-state index in [1.807, 2.05) is 6.92 Å². The average molecular weight is 388 g/mol. The van der Waals surface area contributed by atoms with E-state index in [2.05, 4.69) is 20.0 Å². The number of aromatic nitrogens is 4. The number of aryl methyl sites for hydroxylation is 1. The van der Waals surface area contributed by atoms with Crippen LogP contribution >= 0.6 is 11.6 Å². The third kappa shape index (κ3) is 3.47. The van der Waals surface area contributed by atoms with E-state index in [4.69, 9.17) is 11.6 Å². The van der Waals surface area contributed by atoms with Gasteiger partial charge in [-0.2, -0.15) is 0 Å². The number of halogens is 2. The Morgan fingerprint density at radius 1 is 1.19 bits per heavy atom. The van der Waals surface area contributed by atoms with E-state index in [0.717, 1.165) is 36.3 Å². The maximum absolute atomic E-state index is 14.2. The van der Waals surface area contributed by atoms with Crippen molar-refractivity contribution in [1.29, 1.82) is 0 Å². The number of nitrogens with one attached hydrogen (secondary N) is 1. The van der Waals surface area contributed by atoms with Crippen molar-refractivity contribution in [3.8, 4) is 16.9 Å². The van der Waals surface area contributed by atoms with Crippen molar-refractivity contribution in [2.24, 2.45) is 0 Å². The molecule has 3 heterocycles. The minimum absolute atomic E-state index is 0.110. The van der Waals surface area contributed by atoms with E-state index in [1.54, 1.807) is 6.20 Å². The van der Waals surface area contributed by atoms with Gasteiger partial charge < -0.3 is 4.90 Å². The van der Waals surface area contributed by atoms with Crippen LogP contribution in [0.15, 0.2) is 35.3 Å². The molecule has 0 unspecified atom stereocenters. The summed E-state index contributed by atoms with van der Waals surface area (Å²) in [6.45, 7) is 3.80. The van der Waals surface area contributed by atoms with Gasteiger partial charge in [-0.15, -0.1) is 0 Å². The molecular weight excluding hydrogens is 369 g/mol. The predicted octanol–water partition coefficient (Wildman–Crippen LogP) is 3.71. The van der Waals surface area contributed by atoms with Crippen molar-refractivity contribution < 1.29 is 4.39 Å². The van der Waals surface area contributed by atoms with Crippen LogP contribution in [0.3, 0.4) is 0 Å². The van der Waals surface area contributed by atoms with Gasteiger partial charge in [-0.1, -0.05) is 11.6 Å². The molecule has 0 aliphatic carbocycles. The summed E-state index contributed by atoms with van der Waals surface area (Å²) in [7, 11) is 0. The Labute approximate surface area is 160 Å². The summed E-state index contributed by atoms with van der Waals surface area (Å²) in [5.74, 6) is 0.132. The summed E-state index contributed by atoms with van der Waals surface area (Å²) in [5.41, 5.74) is 1.75. The Kier molecular flexibility index (Phi) is 4.70. The van der Waals surface area contributed by atoms with Crippen LogP contribution < -0.4 is 10.5 Å². The third-order valence-corrected chi connectivity index (χ3v) is 5.00. The lowest BCUT2D eigenvalue weighted by atomic mass is 10.1. The minimum Gasteiger partial charge on any atom is -0.341 e. The van der Waals surface area contributed by atoms with Crippen molar-refractivity contribution in [3.63, 3.8) is 0 Å². The van der Waals surface area contributed by atoms with Gasteiger partial charge in [-0.25, -0.2) is 19.0 Å². The Hall–Kier alpha value is -2.67. The van der Waals surface area contributed by atoms with Crippen LogP contribution in [0.1, 0.15) is 25.0 Å². The van der Waals surface area contributed by atoms with Gasteiger partial charge in [-0.05, 0) is 44.4 Å². The van der Waals surface area contributed by atoms with Crippen molar-refractivity contribution in [3.05, 3.63) is 57.3 Å². The van der Waals surface area contributed by atoms with Gasteiger partial charge in [0.05, 0.1) is 11.4 Å². The van der Waals surface area contributed by atoms with Gasteiger partial charge in [-0.3, -0.25) is 9.89 Å². The van der Waals surface area contributed by atoms with Crippen molar-refractivity contribution >= 4 is 17.5 Å². The quantitative estimate of drug-likeness (QED) is 0.743. The summed E-state index contributed by atoms with van der Waals surface area (Å²) in [6, 6.07) is 5.59. The van der Waals surface area contributed by atoms with Gasteiger partial charge in [0.1, 0.15) is 11.5 Å². The zero-order valence-corrected chi connectivity index (χ0v) is 15.6. The van der Waals surface area contributed by atoms with E-state index >= 15 is 0 Å². The molecule has 3 aromatic rings. The molecule has 0 atom stereocenters. The molecule has 4 rings (SSSR count). The number of aromatic amines is 1. The molecule has 6 nitrogen and oxygen atoms in total. The van der Waals surface area contributed by atoms with Crippen LogP contribution in [0.25, 0.3) is 16.9 Å². The lowest BCUT2D eigenvalue weighted by Crippen LogP contribution is -2.31. The highest BCUT2D eigenvalue weighted by Crippen LogP contribution is 2.23. The molecule has 140 valence electrons. The molecule has 0 saturated carbocycles. The molecule has 0 radical (unpaired) electrons. The first kappa shape index (κ1) is 17.7. The fourth-order valence-corrected chi connectivity index (χ4v) is 3.50. The van der Waals surface area contributed by atoms with E-state index in [-0.39, 0.29) is 16.3 Å². The molecule has 1 aromatic carbocycles. The standard InChI is InChI=1S/C19H19ClFN5O/c1-12-14(11-22-19(23-12)25-7-3-2-4-8-25)16-10-18(27)26(24-16)17-6-5-13(20)9-15(17)21/h5-6,9-11,24H,2-4,7-8H2,1H3. The maximum atomic E-state index is 14.2.